The van der Waals surface area contributed by atoms with Crippen LogP contribution in [0.15, 0.2) is 18.2 Å². The molecule has 98 valence electrons. The number of benzene rings is 1. The maximum atomic E-state index is 13.1. The van der Waals surface area contributed by atoms with E-state index in [0.29, 0.717) is 24.6 Å². The Morgan fingerprint density at radius 1 is 1.39 bits per heavy atom. The lowest BCUT2D eigenvalue weighted by Crippen LogP contribution is -2.20. The highest BCUT2D eigenvalue weighted by molar-refractivity contribution is 5.66. The molecule has 0 radical (unpaired) electrons. The standard InChI is InChI=1S/C13H15F2NO2/c14-11-3-2-10(7-12(11)15)16-6-5-9(8-16)1-4-13(17)18/h2-3,7,9H,1,4-6,8H2,(H,17,18). The second kappa shape index (κ2) is 5.33. The molecule has 1 aromatic rings. The summed E-state index contributed by atoms with van der Waals surface area (Å²) < 4.78 is 25.9. The minimum atomic E-state index is -0.847. The number of carboxylic acid groups (broad SMARTS) is 1. The van der Waals surface area contributed by atoms with Crippen LogP contribution in [0.5, 0.6) is 0 Å². The minimum Gasteiger partial charge on any atom is -0.481 e. The fraction of sp³-hybridized carbons (Fsp3) is 0.462. The molecule has 0 aliphatic carbocycles. The Labute approximate surface area is 104 Å². The summed E-state index contributed by atoms with van der Waals surface area (Å²) in [6, 6.07) is 3.86. The van der Waals surface area contributed by atoms with E-state index in [1.165, 1.54) is 6.07 Å². The lowest BCUT2D eigenvalue weighted by Gasteiger charge is -2.18. The number of carbonyl (C=O) groups is 1. The largest absolute Gasteiger partial charge is 0.481 e. The first kappa shape index (κ1) is 12.8. The number of aliphatic carboxylic acids is 1. The van der Waals surface area contributed by atoms with Gasteiger partial charge in [0.1, 0.15) is 0 Å². The molecule has 1 aliphatic heterocycles. The smallest absolute Gasteiger partial charge is 0.303 e. The number of nitrogens with zero attached hydrogens (tertiary/aromatic N) is 1. The van der Waals surface area contributed by atoms with Crippen molar-refractivity contribution in [2.24, 2.45) is 5.92 Å². The predicted octanol–water partition coefficient (Wildman–Crippen LogP) is 2.66. The molecule has 5 heteroatoms. The molecule has 1 N–H and O–H groups in total. The van der Waals surface area contributed by atoms with Crippen molar-refractivity contribution < 1.29 is 18.7 Å². The molecule has 2 rings (SSSR count). The third-order valence-electron chi connectivity index (χ3n) is 3.32. The van der Waals surface area contributed by atoms with E-state index < -0.39 is 17.6 Å². The Morgan fingerprint density at radius 2 is 2.17 bits per heavy atom. The summed E-state index contributed by atoms with van der Waals surface area (Å²) in [4.78, 5) is 12.5. The minimum absolute atomic E-state index is 0.163. The summed E-state index contributed by atoms with van der Waals surface area (Å²) in [7, 11) is 0. The third-order valence-corrected chi connectivity index (χ3v) is 3.32. The van der Waals surface area contributed by atoms with Gasteiger partial charge in [-0.2, -0.15) is 0 Å². The predicted molar refractivity (Wildman–Crippen MR) is 63.5 cm³/mol. The van der Waals surface area contributed by atoms with E-state index in [1.54, 1.807) is 6.07 Å². The van der Waals surface area contributed by atoms with Crippen molar-refractivity contribution in [2.75, 3.05) is 18.0 Å². The Bertz CT molecular complexity index is 451. The molecule has 1 aliphatic rings. The molecule has 0 aromatic heterocycles. The van der Waals surface area contributed by atoms with Gasteiger partial charge in [-0.25, -0.2) is 8.78 Å². The van der Waals surface area contributed by atoms with Gasteiger partial charge in [-0.1, -0.05) is 0 Å². The zero-order valence-electron chi connectivity index (χ0n) is 9.90. The van der Waals surface area contributed by atoms with Crippen LogP contribution in [0.4, 0.5) is 14.5 Å². The summed E-state index contributed by atoms with van der Waals surface area (Å²) in [6.45, 7) is 1.47. The first-order valence-corrected chi connectivity index (χ1v) is 5.98. The van der Waals surface area contributed by atoms with Crippen LogP contribution in [0.3, 0.4) is 0 Å². The van der Waals surface area contributed by atoms with Gasteiger partial charge in [0.15, 0.2) is 11.6 Å². The fourth-order valence-electron chi connectivity index (χ4n) is 2.31. The number of anilines is 1. The molecule has 1 saturated heterocycles. The van der Waals surface area contributed by atoms with Crippen molar-refractivity contribution in [1.29, 1.82) is 0 Å². The van der Waals surface area contributed by atoms with Crippen molar-refractivity contribution in [3.8, 4) is 0 Å². The lowest BCUT2D eigenvalue weighted by atomic mass is 10.0. The van der Waals surface area contributed by atoms with Crippen LogP contribution in [-0.4, -0.2) is 24.2 Å². The quantitative estimate of drug-likeness (QED) is 0.899. The molecule has 1 fully saturated rings. The van der Waals surface area contributed by atoms with Gasteiger partial charge >= 0.3 is 5.97 Å². The molecule has 1 heterocycles. The Balaban J connectivity index is 1.95. The molecule has 0 spiro atoms. The highest BCUT2D eigenvalue weighted by Crippen LogP contribution is 2.27. The fourth-order valence-corrected chi connectivity index (χ4v) is 2.31. The second-order valence-electron chi connectivity index (χ2n) is 4.63. The Morgan fingerprint density at radius 3 is 2.83 bits per heavy atom. The molecular weight excluding hydrogens is 240 g/mol. The summed E-state index contributed by atoms with van der Waals surface area (Å²) in [5.41, 5.74) is 0.659. The van der Waals surface area contributed by atoms with E-state index in [0.717, 1.165) is 19.0 Å². The zero-order valence-corrected chi connectivity index (χ0v) is 9.90. The number of hydrogen-bond donors (Lipinski definition) is 1. The van der Waals surface area contributed by atoms with Gasteiger partial charge in [-0.05, 0) is 30.9 Å². The highest BCUT2D eigenvalue weighted by atomic mass is 19.2. The van der Waals surface area contributed by atoms with Gasteiger partial charge < -0.3 is 10.0 Å². The molecule has 0 bridgehead atoms. The van der Waals surface area contributed by atoms with Gasteiger partial charge in [-0.15, -0.1) is 0 Å². The van der Waals surface area contributed by atoms with Crippen LogP contribution >= 0.6 is 0 Å². The van der Waals surface area contributed by atoms with E-state index in [2.05, 4.69) is 0 Å². The first-order valence-electron chi connectivity index (χ1n) is 5.98. The molecular formula is C13H15F2NO2. The maximum Gasteiger partial charge on any atom is 0.303 e. The monoisotopic (exact) mass is 255 g/mol. The van der Waals surface area contributed by atoms with Crippen LogP contribution in [0.1, 0.15) is 19.3 Å². The first-order chi connectivity index (χ1) is 8.56. The normalized spacial score (nSPS) is 19.2. The molecule has 1 atom stereocenters. The molecule has 18 heavy (non-hydrogen) atoms. The van der Waals surface area contributed by atoms with Gasteiger partial charge in [-0.3, -0.25) is 4.79 Å². The van der Waals surface area contributed by atoms with Crippen LogP contribution in [-0.2, 0) is 4.79 Å². The van der Waals surface area contributed by atoms with E-state index in [-0.39, 0.29) is 6.42 Å². The molecule has 1 unspecified atom stereocenters. The van der Waals surface area contributed by atoms with Crippen molar-refractivity contribution in [3.05, 3.63) is 29.8 Å². The SMILES string of the molecule is O=C(O)CCC1CCN(c2ccc(F)c(F)c2)C1. The lowest BCUT2D eigenvalue weighted by molar-refractivity contribution is -0.137. The summed E-state index contributed by atoms with van der Waals surface area (Å²) >= 11 is 0. The molecule has 3 nitrogen and oxygen atoms in total. The molecule has 0 amide bonds. The van der Waals surface area contributed by atoms with Crippen molar-refractivity contribution in [1.82, 2.24) is 0 Å². The van der Waals surface area contributed by atoms with Crippen LogP contribution in [0, 0.1) is 17.6 Å². The summed E-state index contributed by atoms with van der Waals surface area (Å²) in [6.07, 6.45) is 1.69. The third kappa shape index (κ3) is 2.97. The average Bonchev–Trinajstić information content (AvgIpc) is 2.79. The second-order valence-corrected chi connectivity index (χ2v) is 4.63. The summed E-state index contributed by atoms with van der Waals surface area (Å²) in [5.74, 6) is -2.17. The Kier molecular flexibility index (Phi) is 3.79. The number of hydrogen-bond acceptors (Lipinski definition) is 2. The van der Waals surface area contributed by atoms with Gasteiger partial charge in [0.2, 0.25) is 0 Å². The van der Waals surface area contributed by atoms with E-state index in [9.17, 15) is 13.6 Å². The topological polar surface area (TPSA) is 40.5 Å². The Hall–Kier alpha value is -1.65. The van der Waals surface area contributed by atoms with E-state index >= 15 is 0 Å². The molecule has 0 saturated carbocycles. The van der Waals surface area contributed by atoms with Crippen molar-refractivity contribution in [3.63, 3.8) is 0 Å². The van der Waals surface area contributed by atoms with Crippen molar-refractivity contribution in [2.45, 2.75) is 19.3 Å². The highest BCUT2D eigenvalue weighted by Gasteiger charge is 2.23. The average molecular weight is 255 g/mol. The van der Waals surface area contributed by atoms with E-state index in [4.69, 9.17) is 5.11 Å². The zero-order chi connectivity index (χ0) is 13.1. The van der Waals surface area contributed by atoms with Crippen molar-refractivity contribution >= 4 is 11.7 Å². The number of halogens is 2. The maximum absolute atomic E-state index is 13.1. The van der Waals surface area contributed by atoms with Gasteiger partial charge in [0.05, 0.1) is 0 Å². The van der Waals surface area contributed by atoms with Crippen LogP contribution in [0.2, 0.25) is 0 Å². The van der Waals surface area contributed by atoms with E-state index in [1.807, 2.05) is 4.90 Å². The van der Waals surface area contributed by atoms with Crippen LogP contribution < -0.4 is 4.90 Å². The molecule has 1 aromatic carbocycles. The number of carboxylic acids is 1. The number of rotatable bonds is 4. The van der Waals surface area contributed by atoms with Gasteiger partial charge in [0.25, 0.3) is 0 Å². The van der Waals surface area contributed by atoms with Crippen LogP contribution in [0.25, 0.3) is 0 Å². The van der Waals surface area contributed by atoms with Gasteiger partial charge in [0, 0.05) is 31.3 Å². The summed E-state index contributed by atoms with van der Waals surface area (Å²) in [5, 5.41) is 8.62.